The standard InChI is InChI=1S/C22H26N4O2/c27-21-22(28,11-6-13-25(21)14-10-18-7-2-1-3-8-18)17-23-15-19-16-26-12-5-4-9-20(26)24-19/h1-5,7-9,12,16,23,28H,6,10-11,13-15,17H2. The summed E-state index contributed by atoms with van der Waals surface area (Å²) in [6.07, 6.45) is 6.02. The third-order valence-corrected chi connectivity index (χ3v) is 5.35. The number of carbonyl (C=O) groups excluding carboxylic acids is 1. The summed E-state index contributed by atoms with van der Waals surface area (Å²) in [6, 6.07) is 16.0. The van der Waals surface area contributed by atoms with Crippen molar-refractivity contribution in [3.8, 4) is 0 Å². The molecule has 6 heteroatoms. The van der Waals surface area contributed by atoms with Crippen molar-refractivity contribution in [1.82, 2.24) is 19.6 Å². The van der Waals surface area contributed by atoms with E-state index in [9.17, 15) is 9.90 Å². The SMILES string of the molecule is O=C1N(CCc2ccccc2)CCCC1(O)CNCc1cn2ccccc2n1. The third-order valence-electron chi connectivity index (χ3n) is 5.35. The van der Waals surface area contributed by atoms with Gasteiger partial charge in [0, 0.05) is 38.6 Å². The molecule has 1 unspecified atom stereocenters. The molecule has 2 N–H and O–H groups in total. The second kappa shape index (κ2) is 8.12. The number of aliphatic hydroxyl groups is 1. The summed E-state index contributed by atoms with van der Waals surface area (Å²) in [5.41, 5.74) is 1.64. The number of aromatic nitrogens is 2. The molecule has 1 fully saturated rings. The Bertz CT molecular complexity index is 907. The highest BCUT2D eigenvalue weighted by atomic mass is 16.3. The molecule has 146 valence electrons. The van der Waals surface area contributed by atoms with Crippen LogP contribution in [0.4, 0.5) is 0 Å². The quantitative estimate of drug-likeness (QED) is 0.660. The Labute approximate surface area is 164 Å². The highest BCUT2D eigenvalue weighted by Crippen LogP contribution is 2.22. The van der Waals surface area contributed by atoms with E-state index in [0.717, 1.165) is 24.2 Å². The molecule has 1 aromatic carbocycles. The van der Waals surface area contributed by atoms with Crippen molar-refractivity contribution in [1.29, 1.82) is 0 Å². The van der Waals surface area contributed by atoms with Gasteiger partial charge in [-0.15, -0.1) is 0 Å². The molecule has 0 bridgehead atoms. The number of nitrogens with zero attached hydrogens (tertiary/aromatic N) is 3. The van der Waals surface area contributed by atoms with Crippen LogP contribution < -0.4 is 5.32 Å². The molecule has 3 heterocycles. The minimum atomic E-state index is -1.34. The lowest BCUT2D eigenvalue weighted by Gasteiger charge is -2.38. The van der Waals surface area contributed by atoms with E-state index in [0.29, 0.717) is 26.1 Å². The van der Waals surface area contributed by atoms with E-state index in [1.165, 1.54) is 5.56 Å². The average molecular weight is 378 g/mol. The zero-order valence-corrected chi connectivity index (χ0v) is 15.9. The van der Waals surface area contributed by atoms with E-state index in [-0.39, 0.29) is 12.5 Å². The van der Waals surface area contributed by atoms with Crippen molar-refractivity contribution in [2.24, 2.45) is 0 Å². The van der Waals surface area contributed by atoms with Gasteiger partial charge in [0.1, 0.15) is 5.65 Å². The first-order valence-corrected chi connectivity index (χ1v) is 9.83. The van der Waals surface area contributed by atoms with Gasteiger partial charge in [0.2, 0.25) is 0 Å². The minimum Gasteiger partial charge on any atom is -0.379 e. The molecule has 0 aliphatic carbocycles. The molecule has 1 atom stereocenters. The first-order valence-electron chi connectivity index (χ1n) is 9.83. The summed E-state index contributed by atoms with van der Waals surface area (Å²) in [6.45, 7) is 2.10. The van der Waals surface area contributed by atoms with Gasteiger partial charge in [-0.2, -0.15) is 0 Å². The summed E-state index contributed by atoms with van der Waals surface area (Å²) in [7, 11) is 0. The van der Waals surface area contributed by atoms with Gasteiger partial charge in [-0.1, -0.05) is 36.4 Å². The van der Waals surface area contributed by atoms with Crippen LogP contribution in [0.5, 0.6) is 0 Å². The Kier molecular flexibility index (Phi) is 5.41. The fourth-order valence-corrected chi connectivity index (χ4v) is 3.82. The highest BCUT2D eigenvalue weighted by Gasteiger charge is 2.41. The van der Waals surface area contributed by atoms with E-state index < -0.39 is 5.60 Å². The van der Waals surface area contributed by atoms with Crippen LogP contribution >= 0.6 is 0 Å². The van der Waals surface area contributed by atoms with Crippen LogP contribution in [0, 0.1) is 0 Å². The third kappa shape index (κ3) is 4.08. The topological polar surface area (TPSA) is 69.9 Å². The van der Waals surface area contributed by atoms with Crippen molar-refractivity contribution in [2.45, 2.75) is 31.4 Å². The molecule has 0 spiro atoms. The van der Waals surface area contributed by atoms with Crippen LogP contribution in [0.2, 0.25) is 0 Å². The van der Waals surface area contributed by atoms with Crippen molar-refractivity contribution in [3.63, 3.8) is 0 Å². The van der Waals surface area contributed by atoms with Crippen molar-refractivity contribution >= 4 is 11.6 Å². The number of piperidine rings is 1. The van der Waals surface area contributed by atoms with Crippen LogP contribution in [-0.2, 0) is 17.8 Å². The number of benzene rings is 1. The van der Waals surface area contributed by atoms with Crippen LogP contribution in [0.15, 0.2) is 60.9 Å². The number of rotatable bonds is 7. The fourth-order valence-electron chi connectivity index (χ4n) is 3.82. The van der Waals surface area contributed by atoms with E-state index >= 15 is 0 Å². The van der Waals surface area contributed by atoms with Crippen LogP contribution in [-0.4, -0.2) is 50.5 Å². The zero-order chi connectivity index (χ0) is 19.4. The van der Waals surface area contributed by atoms with E-state index in [2.05, 4.69) is 22.4 Å². The number of hydrogen-bond donors (Lipinski definition) is 2. The lowest BCUT2D eigenvalue weighted by atomic mass is 9.91. The number of carbonyl (C=O) groups is 1. The molecular formula is C22H26N4O2. The van der Waals surface area contributed by atoms with Crippen molar-refractivity contribution in [3.05, 3.63) is 72.2 Å². The average Bonchev–Trinajstić information content (AvgIpc) is 3.13. The largest absolute Gasteiger partial charge is 0.379 e. The van der Waals surface area contributed by atoms with Gasteiger partial charge in [0.15, 0.2) is 5.60 Å². The summed E-state index contributed by atoms with van der Waals surface area (Å²) in [4.78, 5) is 19.2. The zero-order valence-electron chi connectivity index (χ0n) is 15.9. The van der Waals surface area contributed by atoms with Gasteiger partial charge in [0.25, 0.3) is 5.91 Å². The molecule has 4 rings (SSSR count). The van der Waals surface area contributed by atoms with Gasteiger partial charge in [-0.05, 0) is 37.0 Å². The minimum absolute atomic E-state index is 0.169. The molecule has 0 radical (unpaired) electrons. The summed E-state index contributed by atoms with van der Waals surface area (Å²) >= 11 is 0. The molecule has 1 amide bonds. The monoisotopic (exact) mass is 378 g/mol. The molecule has 1 saturated heterocycles. The fraction of sp³-hybridized carbons (Fsp3) is 0.364. The number of imidazole rings is 1. The van der Waals surface area contributed by atoms with Gasteiger partial charge >= 0.3 is 0 Å². The highest BCUT2D eigenvalue weighted by molar-refractivity contribution is 5.86. The Hall–Kier alpha value is -2.70. The molecule has 3 aromatic rings. The Balaban J connectivity index is 1.33. The summed E-state index contributed by atoms with van der Waals surface area (Å²) in [5.74, 6) is -0.169. The number of fused-ring (bicyclic) bond motifs is 1. The lowest BCUT2D eigenvalue weighted by Crippen LogP contribution is -2.58. The maximum absolute atomic E-state index is 12.9. The number of amides is 1. The molecule has 28 heavy (non-hydrogen) atoms. The van der Waals surface area contributed by atoms with E-state index in [1.807, 2.05) is 53.2 Å². The first-order chi connectivity index (χ1) is 13.6. The molecule has 2 aromatic heterocycles. The van der Waals surface area contributed by atoms with Crippen LogP contribution in [0.3, 0.4) is 0 Å². The second-order valence-electron chi connectivity index (χ2n) is 7.46. The molecule has 0 saturated carbocycles. The van der Waals surface area contributed by atoms with Crippen LogP contribution in [0.25, 0.3) is 5.65 Å². The maximum atomic E-state index is 12.9. The van der Waals surface area contributed by atoms with Gasteiger partial charge < -0.3 is 19.7 Å². The molecule has 6 nitrogen and oxygen atoms in total. The molecule has 1 aliphatic rings. The number of likely N-dealkylation sites (tertiary alicyclic amines) is 1. The molecule has 1 aliphatic heterocycles. The Morgan fingerprint density at radius 3 is 2.79 bits per heavy atom. The van der Waals surface area contributed by atoms with Gasteiger partial charge in [0.05, 0.1) is 5.69 Å². The van der Waals surface area contributed by atoms with E-state index in [4.69, 9.17) is 0 Å². The van der Waals surface area contributed by atoms with E-state index in [1.54, 1.807) is 4.90 Å². The number of nitrogens with one attached hydrogen (secondary N) is 1. The second-order valence-corrected chi connectivity index (χ2v) is 7.46. The van der Waals surface area contributed by atoms with Crippen molar-refractivity contribution in [2.75, 3.05) is 19.6 Å². The first kappa shape index (κ1) is 18.7. The summed E-state index contributed by atoms with van der Waals surface area (Å²) < 4.78 is 1.96. The van der Waals surface area contributed by atoms with Gasteiger partial charge in [-0.3, -0.25) is 4.79 Å². The maximum Gasteiger partial charge on any atom is 0.255 e. The Morgan fingerprint density at radius 2 is 1.96 bits per heavy atom. The number of hydrogen-bond acceptors (Lipinski definition) is 4. The van der Waals surface area contributed by atoms with Crippen molar-refractivity contribution < 1.29 is 9.90 Å². The predicted octanol–water partition coefficient (Wildman–Crippen LogP) is 2.02. The van der Waals surface area contributed by atoms with Gasteiger partial charge in [-0.25, -0.2) is 4.98 Å². The smallest absolute Gasteiger partial charge is 0.255 e. The van der Waals surface area contributed by atoms with Crippen LogP contribution in [0.1, 0.15) is 24.1 Å². The normalized spacial score (nSPS) is 20.0. The predicted molar refractivity (Wildman–Crippen MR) is 108 cm³/mol. The molecular weight excluding hydrogens is 352 g/mol. The summed E-state index contributed by atoms with van der Waals surface area (Å²) in [5, 5.41) is 14.2. The number of pyridine rings is 1. The Morgan fingerprint density at radius 1 is 1.14 bits per heavy atom. The lowest BCUT2D eigenvalue weighted by molar-refractivity contribution is -0.156.